The van der Waals surface area contributed by atoms with Crippen molar-refractivity contribution >= 4 is 11.0 Å². The van der Waals surface area contributed by atoms with Crippen molar-refractivity contribution in [2.24, 2.45) is 0 Å². The summed E-state index contributed by atoms with van der Waals surface area (Å²) in [6.07, 6.45) is 3.83. The average Bonchev–Trinajstić information content (AvgIpc) is 3.03. The van der Waals surface area contributed by atoms with E-state index in [-0.39, 0.29) is 12.6 Å². The van der Waals surface area contributed by atoms with Crippen molar-refractivity contribution in [3.8, 4) is 17.1 Å². The Kier molecular flexibility index (Phi) is 6.04. The molecule has 28 heavy (non-hydrogen) atoms. The topological polar surface area (TPSA) is 60.2 Å². The Labute approximate surface area is 167 Å². The second kappa shape index (κ2) is 8.31. The third-order valence-corrected chi connectivity index (χ3v) is 5.44. The first-order valence-corrected chi connectivity index (χ1v) is 10.1. The SMILES string of the molecule is CCc1cc2c(nc1-c1ccc(C(C)C)nc1OC)c(C)cn2[C@H](CC)CO. The molecule has 3 rings (SSSR count). The van der Waals surface area contributed by atoms with Crippen molar-refractivity contribution in [2.45, 2.75) is 59.4 Å². The number of ether oxygens (including phenoxy) is 1. The van der Waals surface area contributed by atoms with Crippen LogP contribution in [0.5, 0.6) is 5.88 Å². The molecule has 3 aromatic heterocycles. The van der Waals surface area contributed by atoms with Gasteiger partial charge >= 0.3 is 0 Å². The molecule has 5 nitrogen and oxygen atoms in total. The molecule has 3 heterocycles. The first kappa shape index (κ1) is 20.3. The van der Waals surface area contributed by atoms with Crippen LogP contribution in [0, 0.1) is 6.92 Å². The highest BCUT2D eigenvalue weighted by Gasteiger charge is 2.20. The van der Waals surface area contributed by atoms with Crippen LogP contribution in [0.4, 0.5) is 0 Å². The largest absolute Gasteiger partial charge is 0.480 e. The summed E-state index contributed by atoms with van der Waals surface area (Å²) in [4.78, 5) is 9.75. The Hall–Kier alpha value is -2.40. The summed E-state index contributed by atoms with van der Waals surface area (Å²) in [6, 6.07) is 6.41. The van der Waals surface area contributed by atoms with Crippen LogP contribution in [-0.2, 0) is 6.42 Å². The average molecular weight is 382 g/mol. The number of nitrogens with zero attached hydrogens (tertiary/aromatic N) is 3. The molecule has 0 radical (unpaired) electrons. The molecule has 0 unspecified atom stereocenters. The van der Waals surface area contributed by atoms with Gasteiger partial charge in [0.2, 0.25) is 5.88 Å². The Morgan fingerprint density at radius 1 is 1.18 bits per heavy atom. The molecule has 1 atom stereocenters. The van der Waals surface area contributed by atoms with Gasteiger partial charge in [0, 0.05) is 11.9 Å². The van der Waals surface area contributed by atoms with E-state index in [1.165, 1.54) is 0 Å². The van der Waals surface area contributed by atoms with Gasteiger partial charge in [0.15, 0.2) is 0 Å². The molecule has 3 aromatic rings. The lowest BCUT2D eigenvalue weighted by Gasteiger charge is -2.17. The van der Waals surface area contributed by atoms with Gasteiger partial charge in [0.1, 0.15) is 0 Å². The minimum atomic E-state index is 0.0649. The van der Waals surface area contributed by atoms with E-state index in [0.717, 1.165) is 52.0 Å². The van der Waals surface area contributed by atoms with Gasteiger partial charge in [-0.1, -0.05) is 27.7 Å². The number of hydrogen-bond donors (Lipinski definition) is 1. The van der Waals surface area contributed by atoms with E-state index >= 15 is 0 Å². The van der Waals surface area contributed by atoms with Crippen LogP contribution in [0.1, 0.15) is 62.9 Å². The summed E-state index contributed by atoms with van der Waals surface area (Å²) >= 11 is 0. The molecule has 0 spiro atoms. The Morgan fingerprint density at radius 3 is 2.50 bits per heavy atom. The van der Waals surface area contributed by atoms with Gasteiger partial charge in [-0.25, -0.2) is 9.97 Å². The zero-order valence-electron chi connectivity index (χ0n) is 17.8. The van der Waals surface area contributed by atoms with E-state index in [1.807, 2.05) is 0 Å². The highest BCUT2D eigenvalue weighted by atomic mass is 16.5. The van der Waals surface area contributed by atoms with E-state index in [2.05, 4.69) is 63.6 Å². The Bertz CT molecular complexity index is 972. The lowest BCUT2D eigenvalue weighted by atomic mass is 10.0. The molecule has 0 saturated carbocycles. The van der Waals surface area contributed by atoms with Crippen LogP contribution in [0.25, 0.3) is 22.3 Å². The molecule has 0 aliphatic rings. The maximum Gasteiger partial charge on any atom is 0.222 e. The standard InChI is InChI=1S/C23H31N3O2/c1-7-16-11-20-21(15(5)12-26(20)17(8-2)13-27)25-22(16)18-9-10-19(14(3)4)24-23(18)28-6/h9-12,14,17,27H,7-8,13H2,1-6H3/t17-/m1/s1. The molecule has 150 valence electrons. The predicted molar refractivity (Wildman–Crippen MR) is 114 cm³/mol. The number of aliphatic hydroxyl groups is 1. The van der Waals surface area contributed by atoms with Crippen molar-refractivity contribution in [2.75, 3.05) is 13.7 Å². The number of hydrogen-bond acceptors (Lipinski definition) is 4. The van der Waals surface area contributed by atoms with Gasteiger partial charge < -0.3 is 14.4 Å². The molecule has 0 bridgehead atoms. The van der Waals surface area contributed by atoms with Crippen molar-refractivity contribution in [1.82, 2.24) is 14.5 Å². The zero-order chi connectivity index (χ0) is 20.4. The number of pyridine rings is 2. The van der Waals surface area contributed by atoms with Gasteiger partial charge in [0.05, 0.1) is 42.0 Å². The number of fused-ring (bicyclic) bond motifs is 1. The first-order valence-electron chi connectivity index (χ1n) is 10.1. The minimum Gasteiger partial charge on any atom is -0.480 e. The molecular formula is C23H31N3O2. The molecule has 0 amide bonds. The lowest BCUT2D eigenvalue weighted by molar-refractivity contribution is 0.227. The predicted octanol–water partition coefficient (Wildman–Crippen LogP) is 5.04. The third kappa shape index (κ3) is 3.51. The van der Waals surface area contributed by atoms with E-state index in [1.54, 1.807) is 7.11 Å². The highest BCUT2D eigenvalue weighted by molar-refractivity contribution is 5.85. The lowest BCUT2D eigenvalue weighted by Crippen LogP contribution is -2.11. The van der Waals surface area contributed by atoms with E-state index in [9.17, 15) is 5.11 Å². The fourth-order valence-electron chi connectivity index (χ4n) is 3.70. The van der Waals surface area contributed by atoms with Crippen LogP contribution in [-0.4, -0.2) is 33.4 Å². The number of aliphatic hydroxyl groups excluding tert-OH is 1. The molecule has 1 N–H and O–H groups in total. The first-order chi connectivity index (χ1) is 13.4. The summed E-state index contributed by atoms with van der Waals surface area (Å²) in [5, 5.41) is 9.78. The summed E-state index contributed by atoms with van der Waals surface area (Å²) in [6.45, 7) is 10.7. The number of aryl methyl sites for hydroxylation is 2. The van der Waals surface area contributed by atoms with Gasteiger partial charge in [-0.05, 0) is 55.0 Å². The number of rotatable bonds is 7. The molecule has 0 saturated heterocycles. The van der Waals surface area contributed by atoms with E-state index in [0.29, 0.717) is 11.8 Å². The van der Waals surface area contributed by atoms with Crippen LogP contribution in [0.15, 0.2) is 24.4 Å². The monoisotopic (exact) mass is 381 g/mol. The van der Waals surface area contributed by atoms with Crippen LogP contribution < -0.4 is 4.74 Å². The molecule has 0 fully saturated rings. The van der Waals surface area contributed by atoms with Crippen LogP contribution >= 0.6 is 0 Å². The van der Waals surface area contributed by atoms with E-state index in [4.69, 9.17) is 14.7 Å². The fraction of sp³-hybridized carbons (Fsp3) is 0.478. The van der Waals surface area contributed by atoms with Gasteiger partial charge in [0.25, 0.3) is 0 Å². The fourth-order valence-corrected chi connectivity index (χ4v) is 3.70. The second-order valence-corrected chi connectivity index (χ2v) is 7.63. The zero-order valence-corrected chi connectivity index (χ0v) is 17.8. The van der Waals surface area contributed by atoms with Crippen molar-refractivity contribution in [3.05, 3.63) is 41.2 Å². The Balaban J connectivity index is 2.24. The smallest absolute Gasteiger partial charge is 0.222 e. The summed E-state index contributed by atoms with van der Waals surface area (Å²) in [7, 11) is 1.66. The van der Waals surface area contributed by atoms with Gasteiger partial charge in [-0.2, -0.15) is 0 Å². The quantitative estimate of drug-likeness (QED) is 0.622. The van der Waals surface area contributed by atoms with Crippen molar-refractivity contribution < 1.29 is 9.84 Å². The summed E-state index contributed by atoms with van der Waals surface area (Å²) in [5.74, 6) is 0.955. The highest BCUT2D eigenvalue weighted by Crippen LogP contribution is 2.35. The molecule has 0 aliphatic heterocycles. The number of aromatic nitrogens is 3. The van der Waals surface area contributed by atoms with Gasteiger partial charge in [-0.15, -0.1) is 0 Å². The minimum absolute atomic E-state index is 0.0649. The van der Waals surface area contributed by atoms with E-state index < -0.39 is 0 Å². The Morgan fingerprint density at radius 2 is 1.93 bits per heavy atom. The normalized spacial score (nSPS) is 12.7. The van der Waals surface area contributed by atoms with Crippen molar-refractivity contribution in [3.63, 3.8) is 0 Å². The molecule has 0 aliphatic carbocycles. The third-order valence-electron chi connectivity index (χ3n) is 5.44. The maximum absolute atomic E-state index is 9.78. The summed E-state index contributed by atoms with van der Waals surface area (Å²) < 4.78 is 7.79. The van der Waals surface area contributed by atoms with Crippen LogP contribution in [0.2, 0.25) is 0 Å². The summed E-state index contributed by atoms with van der Waals surface area (Å²) in [5.41, 5.74) is 7.16. The molecule has 0 aromatic carbocycles. The maximum atomic E-state index is 9.78. The molecular weight excluding hydrogens is 350 g/mol. The molecule has 5 heteroatoms. The number of methoxy groups -OCH3 is 1. The second-order valence-electron chi connectivity index (χ2n) is 7.63. The van der Waals surface area contributed by atoms with Crippen LogP contribution in [0.3, 0.4) is 0 Å². The van der Waals surface area contributed by atoms with Gasteiger partial charge in [-0.3, -0.25) is 0 Å². The van der Waals surface area contributed by atoms with Crippen molar-refractivity contribution in [1.29, 1.82) is 0 Å².